The van der Waals surface area contributed by atoms with Gasteiger partial charge in [0.15, 0.2) is 0 Å². The molecule has 0 aromatic carbocycles. The molecule has 16 heavy (non-hydrogen) atoms. The van der Waals surface area contributed by atoms with E-state index in [1.807, 2.05) is 7.05 Å². The first-order valence-electron chi connectivity index (χ1n) is 5.50. The van der Waals surface area contributed by atoms with Crippen molar-refractivity contribution in [3.63, 3.8) is 0 Å². The first kappa shape index (κ1) is 13.8. The predicted molar refractivity (Wildman–Crippen MR) is 66.6 cm³/mol. The van der Waals surface area contributed by atoms with E-state index >= 15 is 0 Å². The zero-order valence-corrected chi connectivity index (χ0v) is 10.8. The summed E-state index contributed by atoms with van der Waals surface area (Å²) in [6.07, 6.45) is 0. The molecule has 1 amide bonds. The topological polar surface area (TPSA) is 53.6 Å². The fraction of sp³-hybridized carbons (Fsp3) is 0.900. The Morgan fingerprint density at radius 1 is 1.62 bits per heavy atom. The number of nitrogens with zero attached hydrogens (tertiary/aromatic N) is 1. The fourth-order valence-corrected chi connectivity index (χ4v) is 2.36. The highest BCUT2D eigenvalue weighted by Gasteiger charge is 2.21. The molecule has 94 valence electrons. The van der Waals surface area contributed by atoms with Crippen LogP contribution in [0.4, 0.5) is 0 Å². The predicted octanol–water partition coefficient (Wildman–Crippen LogP) is -0.657. The van der Waals surface area contributed by atoms with Crippen LogP contribution in [0, 0.1) is 0 Å². The first-order chi connectivity index (χ1) is 7.74. The Bertz CT molecular complexity index is 210. The van der Waals surface area contributed by atoms with Crippen LogP contribution in [0.3, 0.4) is 0 Å². The van der Waals surface area contributed by atoms with Gasteiger partial charge in [-0.1, -0.05) is 0 Å². The molecule has 1 rings (SSSR count). The van der Waals surface area contributed by atoms with Crippen molar-refractivity contribution in [1.29, 1.82) is 0 Å². The summed E-state index contributed by atoms with van der Waals surface area (Å²) in [6.45, 7) is 3.17. The van der Waals surface area contributed by atoms with Crippen molar-refractivity contribution in [2.75, 3.05) is 52.0 Å². The summed E-state index contributed by atoms with van der Waals surface area (Å²) in [5.41, 5.74) is 0. The maximum atomic E-state index is 11.6. The Morgan fingerprint density at radius 2 is 2.44 bits per heavy atom. The van der Waals surface area contributed by atoms with E-state index in [9.17, 15) is 4.79 Å². The second-order valence-electron chi connectivity index (χ2n) is 3.86. The number of ether oxygens (including phenoxy) is 1. The molecule has 1 unspecified atom stereocenters. The van der Waals surface area contributed by atoms with Crippen molar-refractivity contribution in [3.8, 4) is 0 Å². The van der Waals surface area contributed by atoms with Crippen LogP contribution in [-0.2, 0) is 9.53 Å². The van der Waals surface area contributed by atoms with Gasteiger partial charge in [0.05, 0.1) is 12.6 Å². The molecular formula is C10H21N3O2S. The molecule has 6 heteroatoms. The van der Waals surface area contributed by atoms with Crippen molar-refractivity contribution in [1.82, 2.24) is 15.5 Å². The number of nitrogens with one attached hydrogen (secondary N) is 2. The average Bonchev–Trinajstić information content (AvgIpc) is 2.79. The molecule has 1 aliphatic heterocycles. The highest BCUT2D eigenvalue weighted by Crippen LogP contribution is 2.08. The second kappa shape index (κ2) is 7.89. The van der Waals surface area contributed by atoms with Crippen LogP contribution < -0.4 is 10.6 Å². The summed E-state index contributed by atoms with van der Waals surface area (Å²) < 4.78 is 4.98. The Morgan fingerprint density at radius 3 is 3.06 bits per heavy atom. The molecular weight excluding hydrogens is 226 g/mol. The minimum atomic E-state index is -0.00530. The van der Waals surface area contributed by atoms with E-state index in [1.54, 1.807) is 18.9 Å². The molecule has 0 saturated carbocycles. The summed E-state index contributed by atoms with van der Waals surface area (Å²) in [4.78, 5) is 13.8. The molecule has 1 atom stereocenters. The maximum absolute atomic E-state index is 11.6. The van der Waals surface area contributed by atoms with Crippen LogP contribution in [0.1, 0.15) is 0 Å². The van der Waals surface area contributed by atoms with Gasteiger partial charge in [-0.05, 0) is 7.05 Å². The van der Waals surface area contributed by atoms with E-state index in [4.69, 9.17) is 4.74 Å². The normalized spacial score (nSPS) is 20.3. The maximum Gasteiger partial charge on any atom is 0.238 e. The van der Waals surface area contributed by atoms with Gasteiger partial charge in [0.25, 0.3) is 0 Å². The van der Waals surface area contributed by atoms with Crippen LogP contribution in [-0.4, -0.2) is 68.9 Å². The van der Waals surface area contributed by atoms with E-state index in [2.05, 4.69) is 15.5 Å². The quantitative estimate of drug-likeness (QED) is 0.626. The molecule has 0 bridgehead atoms. The molecule has 0 spiro atoms. The summed E-state index contributed by atoms with van der Waals surface area (Å²) in [5, 5.41) is 6.08. The van der Waals surface area contributed by atoms with E-state index in [1.165, 1.54) is 0 Å². The lowest BCUT2D eigenvalue weighted by Gasteiger charge is -2.17. The van der Waals surface area contributed by atoms with Crippen LogP contribution >= 0.6 is 11.8 Å². The van der Waals surface area contributed by atoms with Crippen LogP contribution in [0.25, 0.3) is 0 Å². The number of methoxy groups -OCH3 is 1. The lowest BCUT2D eigenvalue weighted by atomic mass is 10.3. The van der Waals surface area contributed by atoms with Gasteiger partial charge in [0, 0.05) is 38.4 Å². The van der Waals surface area contributed by atoms with Gasteiger partial charge in [-0.2, -0.15) is 0 Å². The highest BCUT2D eigenvalue weighted by molar-refractivity contribution is 7.99. The Hall–Kier alpha value is -0.300. The third-order valence-electron chi connectivity index (χ3n) is 2.50. The van der Waals surface area contributed by atoms with E-state index in [-0.39, 0.29) is 11.9 Å². The Labute approximate surface area is 101 Å². The van der Waals surface area contributed by atoms with Gasteiger partial charge in [0.2, 0.25) is 5.91 Å². The van der Waals surface area contributed by atoms with Crippen LogP contribution in [0.2, 0.25) is 0 Å². The lowest BCUT2D eigenvalue weighted by molar-refractivity contribution is -0.122. The number of carbonyl (C=O) groups is 1. The molecule has 0 aromatic rings. The first-order valence-corrected chi connectivity index (χ1v) is 6.66. The van der Waals surface area contributed by atoms with Crippen molar-refractivity contribution in [2.24, 2.45) is 0 Å². The molecule has 1 fully saturated rings. The van der Waals surface area contributed by atoms with Gasteiger partial charge >= 0.3 is 0 Å². The third-order valence-corrected chi connectivity index (χ3v) is 3.44. The van der Waals surface area contributed by atoms with Gasteiger partial charge < -0.3 is 15.0 Å². The zero-order chi connectivity index (χ0) is 11.8. The molecule has 2 N–H and O–H groups in total. The van der Waals surface area contributed by atoms with Crippen molar-refractivity contribution in [2.45, 2.75) is 6.04 Å². The summed E-state index contributed by atoms with van der Waals surface area (Å²) in [5.74, 6) is 1.88. The van der Waals surface area contributed by atoms with E-state index in [0.29, 0.717) is 6.54 Å². The lowest BCUT2D eigenvalue weighted by Crippen LogP contribution is -2.44. The highest BCUT2D eigenvalue weighted by atomic mass is 32.2. The number of hydrogen-bond acceptors (Lipinski definition) is 5. The largest absolute Gasteiger partial charge is 0.383 e. The minimum Gasteiger partial charge on any atom is -0.383 e. The second-order valence-corrected chi connectivity index (χ2v) is 4.89. The summed E-state index contributed by atoms with van der Waals surface area (Å²) >= 11 is 1.76. The molecule has 5 nitrogen and oxygen atoms in total. The van der Waals surface area contributed by atoms with Crippen molar-refractivity contribution >= 4 is 17.7 Å². The van der Waals surface area contributed by atoms with Gasteiger partial charge in [-0.3, -0.25) is 10.1 Å². The third kappa shape index (κ3) is 5.16. The number of rotatable bonds is 7. The monoisotopic (exact) mass is 247 g/mol. The molecule has 1 saturated heterocycles. The number of hydrogen-bond donors (Lipinski definition) is 2. The van der Waals surface area contributed by atoms with Crippen molar-refractivity contribution < 1.29 is 9.53 Å². The SMILES string of the molecule is COCCN(C)CCNC(=O)C1CSCN1. The number of likely N-dealkylation sites (N-methyl/N-ethyl adjacent to an activating group) is 1. The molecule has 1 aliphatic rings. The molecule has 0 aliphatic carbocycles. The van der Waals surface area contributed by atoms with Gasteiger partial charge in [0.1, 0.15) is 0 Å². The standard InChI is InChI=1S/C10H21N3O2S/c1-13(5-6-15-2)4-3-11-10(14)9-7-16-8-12-9/h9,12H,3-8H2,1-2H3,(H,11,14). The van der Waals surface area contributed by atoms with E-state index < -0.39 is 0 Å². The number of amides is 1. The zero-order valence-electron chi connectivity index (χ0n) is 9.99. The van der Waals surface area contributed by atoms with Gasteiger partial charge in [-0.25, -0.2) is 0 Å². The summed E-state index contributed by atoms with van der Waals surface area (Å²) in [7, 11) is 3.72. The Balaban J connectivity index is 2.03. The van der Waals surface area contributed by atoms with Gasteiger partial charge in [-0.15, -0.1) is 11.8 Å². The van der Waals surface area contributed by atoms with Crippen LogP contribution in [0.5, 0.6) is 0 Å². The Kier molecular flexibility index (Phi) is 6.79. The smallest absolute Gasteiger partial charge is 0.238 e. The summed E-state index contributed by atoms with van der Waals surface area (Å²) in [6, 6.07) is -0.00530. The van der Waals surface area contributed by atoms with E-state index in [0.717, 1.165) is 31.3 Å². The molecule has 0 aromatic heterocycles. The average molecular weight is 247 g/mol. The number of carbonyl (C=O) groups excluding carboxylic acids is 1. The van der Waals surface area contributed by atoms with Crippen LogP contribution in [0.15, 0.2) is 0 Å². The minimum absolute atomic E-state index is 0.00530. The molecule has 0 radical (unpaired) electrons. The molecule has 1 heterocycles. The van der Waals surface area contributed by atoms with Crippen molar-refractivity contribution in [3.05, 3.63) is 0 Å². The number of thioether (sulfide) groups is 1. The fourth-order valence-electron chi connectivity index (χ4n) is 1.42.